The van der Waals surface area contributed by atoms with Gasteiger partial charge in [0, 0.05) is 19.6 Å². The summed E-state index contributed by atoms with van der Waals surface area (Å²) >= 11 is 0. The lowest BCUT2D eigenvalue weighted by Gasteiger charge is -2.38. The Balaban J connectivity index is 1.49. The van der Waals surface area contributed by atoms with E-state index in [1.54, 1.807) is 4.90 Å². The number of benzene rings is 1. The van der Waals surface area contributed by atoms with Crippen molar-refractivity contribution in [1.82, 2.24) is 9.80 Å². The fourth-order valence-corrected chi connectivity index (χ4v) is 3.90. The molecule has 2 amide bonds. The van der Waals surface area contributed by atoms with Gasteiger partial charge in [0.25, 0.3) is 0 Å². The minimum absolute atomic E-state index is 0.0730. The predicted molar refractivity (Wildman–Crippen MR) is 97.9 cm³/mol. The van der Waals surface area contributed by atoms with E-state index in [2.05, 4.69) is 29.2 Å². The number of amides is 2. The lowest BCUT2D eigenvalue weighted by molar-refractivity contribution is -0.144. The van der Waals surface area contributed by atoms with Crippen molar-refractivity contribution >= 4 is 11.8 Å². The van der Waals surface area contributed by atoms with Crippen LogP contribution in [0, 0.1) is 5.41 Å². The Kier molecular flexibility index (Phi) is 5.42. The van der Waals surface area contributed by atoms with Crippen molar-refractivity contribution < 1.29 is 9.59 Å². The lowest BCUT2D eigenvalue weighted by atomic mass is 9.99. The fourth-order valence-electron chi connectivity index (χ4n) is 3.90. The molecule has 1 aliphatic carbocycles. The molecule has 25 heavy (non-hydrogen) atoms. The smallest absolute Gasteiger partial charge is 0.238 e. The maximum absolute atomic E-state index is 12.7. The van der Waals surface area contributed by atoms with Crippen LogP contribution in [0.1, 0.15) is 37.7 Å². The number of carbonyl (C=O) groups excluding carboxylic acids is 2. The Labute approximate surface area is 150 Å². The molecule has 1 saturated heterocycles. The van der Waals surface area contributed by atoms with Gasteiger partial charge in [-0.2, -0.15) is 0 Å². The molecule has 0 spiro atoms. The summed E-state index contributed by atoms with van der Waals surface area (Å²) in [5, 5.41) is 0. The van der Waals surface area contributed by atoms with Crippen LogP contribution in [0.2, 0.25) is 0 Å². The van der Waals surface area contributed by atoms with Crippen LogP contribution < -0.4 is 5.73 Å². The molecule has 1 heterocycles. The van der Waals surface area contributed by atoms with E-state index in [0.29, 0.717) is 12.8 Å². The van der Waals surface area contributed by atoms with Crippen LogP contribution in [-0.4, -0.2) is 54.3 Å². The second-order valence-corrected chi connectivity index (χ2v) is 7.55. The summed E-state index contributed by atoms with van der Waals surface area (Å²) in [5.74, 6) is -0.531. The van der Waals surface area contributed by atoms with Crippen molar-refractivity contribution in [3.63, 3.8) is 0 Å². The molecule has 1 aromatic rings. The molecule has 1 aromatic carbocycles. The van der Waals surface area contributed by atoms with Crippen molar-refractivity contribution in [3.05, 3.63) is 35.9 Å². The number of likely N-dealkylation sites (N-methyl/N-ethyl adjacent to an activating group) is 1. The van der Waals surface area contributed by atoms with E-state index >= 15 is 0 Å². The van der Waals surface area contributed by atoms with Crippen molar-refractivity contribution in [3.8, 4) is 0 Å². The number of piperidine rings is 1. The second kappa shape index (κ2) is 7.56. The number of aryl methyl sites for hydroxylation is 1. The topological polar surface area (TPSA) is 66.6 Å². The van der Waals surface area contributed by atoms with Gasteiger partial charge in [-0.3, -0.25) is 9.59 Å². The molecule has 1 saturated carbocycles. The first kappa shape index (κ1) is 17.9. The first-order valence-corrected chi connectivity index (χ1v) is 9.36. The summed E-state index contributed by atoms with van der Waals surface area (Å²) in [7, 11) is 1.84. The van der Waals surface area contributed by atoms with Gasteiger partial charge >= 0.3 is 0 Å². The minimum atomic E-state index is -0.898. The molecular formula is C20H29N3O2. The van der Waals surface area contributed by atoms with Crippen LogP contribution in [0.5, 0.6) is 0 Å². The zero-order valence-corrected chi connectivity index (χ0v) is 15.1. The third-order valence-electron chi connectivity index (χ3n) is 5.76. The van der Waals surface area contributed by atoms with Crippen LogP contribution in [0.25, 0.3) is 0 Å². The van der Waals surface area contributed by atoms with Crippen LogP contribution in [0.15, 0.2) is 30.3 Å². The highest BCUT2D eigenvalue weighted by molar-refractivity contribution is 6.07. The Hall–Kier alpha value is -1.88. The molecule has 136 valence electrons. The van der Waals surface area contributed by atoms with Gasteiger partial charge in [0.1, 0.15) is 5.41 Å². The van der Waals surface area contributed by atoms with Gasteiger partial charge in [0.05, 0.1) is 0 Å². The molecule has 0 aromatic heterocycles. The number of carbonyl (C=O) groups is 2. The van der Waals surface area contributed by atoms with Crippen LogP contribution in [-0.2, 0) is 16.0 Å². The molecule has 0 radical (unpaired) electrons. The molecule has 1 atom stereocenters. The number of nitrogens with zero attached hydrogens (tertiary/aromatic N) is 2. The summed E-state index contributed by atoms with van der Waals surface area (Å²) in [6, 6.07) is 10.7. The van der Waals surface area contributed by atoms with Crippen molar-refractivity contribution in [1.29, 1.82) is 0 Å². The highest BCUT2D eigenvalue weighted by Gasteiger charge is 2.57. The maximum atomic E-state index is 12.7. The van der Waals surface area contributed by atoms with Crippen molar-refractivity contribution in [2.75, 3.05) is 26.7 Å². The highest BCUT2D eigenvalue weighted by atomic mass is 16.2. The van der Waals surface area contributed by atoms with E-state index in [-0.39, 0.29) is 11.9 Å². The minimum Gasteiger partial charge on any atom is -0.369 e. The molecule has 3 rings (SSSR count). The average molecular weight is 343 g/mol. The quantitative estimate of drug-likeness (QED) is 0.768. The SMILES string of the molecule is CN(C(=O)C1(C(N)=O)CC1)[C@@H]1CCCN(CCCc2ccccc2)C1. The standard InChI is InChI=1S/C20H29N3O2/c1-22(19(25)20(11-12-20)18(21)24)17-10-6-14-23(15-17)13-5-9-16-7-3-2-4-8-16/h2-4,7-8,17H,5-6,9-15H2,1H3,(H2,21,24)/t17-/m1/s1. The largest absolute Gasteiger partial charge is 0.369 e. The summed E-state index contributed by atoms with van der Waals surface area (Å²) in [6.45, 7) is 3.04. The number of hydrogen-bond acceptors (Lipinski definition) is 3. The van der Waals surface area contributed by atoms with Gasteiger partial charge in [-0.25, -0.2) is 0 Å². The second-order valence-electron chi connectivity index (χ2n) is 7.55. The van der Waals surface area contributed by atoms with E-state index in [0.717, 1.165) is 45.3 Å². The molecule has 2 fully saturated rings. The van der Waals surface area contributed by atoms with Gasteiger partial charge in [-0.05, 0) is 57.2 Å². The van der Waals surface area contributed by atoms with Gasteiger partial charge < -0.3 is 15.5 Å². The maximum Gasteiger partial charge on any atom is 0.238 e. The third-order valence-corrected chi connectivity index (χ3v) is 5.76. The zero-order valence-electron chi connectivity index (χ0n) is 15.1. The van der Waals surface area contributed by atoms with Crippen LogP contribution in [0.4, 0.5) is 0 Å². The molecule has 1 aliphatic heterocycles. The fraction of sp³-hybridized carbons (Fsp3) is 0.600. The Morgan fingerprint density at radius 2 is 2.00 bits per heavy atom. The van der Waals surface area contributed by atoms with E-state index in [1.807, 2.05) is 13.1 Å². The average Bonchev–Trinajstić information content (AvgIpc) is 3.44. The molecule has 5 nitrogen and oxygen atoms in total. The molecule has 5 heteroatoms. The van der Waals surface area contributed by atoms with Crippen LogP contribution in [0.3, 0.4) is 0 Å². The number of likely N-dealkylation sites (tertiary alicyclic amines) is 1. The first-order valence-electron chi connectivity index (χ1n) is 9.36. The predicted octanol–water partition coefficient (Wildman–Crippen LogP) is 1.81. The summed E-state index contributed by atoms with van der Waals surface area (Å²) in [4.78, 5) is 28.5. The summed E-state index contributed by atoms with van der Waals surface area (Å²) in [5.41, 5.74) is 5.93. The lowest BCUT2D eigenvalue weighted by Crippen LogP contribution is -2.52. The monoisotopic (exact) mass is 343 g/mol. The first-order chi connectivity index (χ1) is 12.0. The number of primary amides is 1. The van der Waals surface area contributed by atoms with Crippen molar-refractivity contribution in [2.45, 2.75) is 44.6 Å². The van der Waals surface area contributed by atoms with E-state index in [9.17, 15) is 9.59 Å². The normalized spacial score (nSPS) is 22.4. The zero-order chi connectivity index (χ0) is 17.9. The molecule has 0 bridgehead atoms. The van der Waals surface area contributed by atoms with Gasteiger partial charge in [-0.15, -0.1) is 0 Å². The molecule has 2 aliphatic rings. The number of rotatable bonds is 7. The van der Waals surface area contributed by atoms with E-state index in [4.69, 9.17) is 5.73 Å². The highest BCUT2D eigenvalue weighted by Crippen LogP contribution is 2.47. The number of nitrogens with two attached hydrogens (primary N) is 1. The molecular weight excluding hydrogens is 314 g/mol. The van der Waals surface area contributed by atoms with Crippen LogP contribution >= 0.6 is 0 Å². The summed E-state index contributed by atoms with van der Waals surface area (Å²) < 4.78 is 0. The molecule has 0 unspecified atom stereocenters. The van der Waals surface area contributed by atoms with E-state index < -0.39 is 11.3 Å². The third kappa shape index (κ3) is 4.03. The van der Waals surface area contributed by atoms with Crippen molar-refractivity contribution in [2.24, 2.45) is 11.1 Å². The van der Waals surface area contributed by atoms with Gasteiger partial charge in [0.2, 0.25) is 11.8 Å². The number of hydrogen-bond donors (Lipinski definition) is 1. The Morgan fingerprint density at radius 1 is 1.28 bits per heavy atom. The Morgan fingerprint density at radius 3 is 2.64 bits per heavy atom. The Bertz CT molecular complexity index is 613. The molecule has 2 N–H and O–H groups in total. The van der Waals surface area contributed by atoms with Gasteiger partial charge in [0.15, 0.2) is 0 Å². The van der Waals surface area contributed by atoms with E-state index in [1.165, 1.54) is 5.56 Å². The summed E-state index contributed by atoms with van der Waals surface area (Å²) in [6.07, 6.45) is 5.53. The van der Waals surface area contributed by atoms with Gasteiger partial charge in [-0.1, -0.05) is 30.3 Å².